The first-order valence-corrected chi connectivity index (χ1v) is 6.27. The zero-order valence-electron chi connectivity index (χ0n) is 10.5. The van der Waals surface area contributed by atoms with E-state index < -0.39 is 0 Å². The number of H-pyrrole nitrogens is 1. The Morgan fingerprint density at radius 1 is 1.35 bits per heavy atom. The molecule has 0 fully saturated rings. The van der Waals surface area contributed by atoms with Crippen molar-refractivity contribution in [3.8, 4) is 5.75 Å². The molecule has 0 saturated heterocycles. The van der Waals surface area contributed by atoms with Crippen molar-refractivity contribution in [2.24, 2.45) is 0 Å². The highest BCUT2D eigenvalue weighted by Gasteiger charge is 2.06. The molecule has 2 rings (SSSR count). The van der Waals surface area contributed by atoms with Crippen molar-refractivity contribution in [1.82, 2.24) is 4.98 Å². The molecule has 3 heteroatoms. The number of nitrogens with one attached hydrogen (secondary N) is 1. The van der Waals surface area contributed by atoms with Crippen LogP contribution in [0.4, 0.5) is 0 Å². The number of aryl methyl sites for hydroxylation is 1. The minimum Gasteiger partial charge on any atom is -0.497 e. The van der Waals surface area contributed by atoms with Crippen LogP contribution in [0.1, 0.15) is 24.6 Å². The summed E-state index contributed by atoms with van der Waals surface area (Å²) >= 11 is 5.58. The van der Waals surface area contributed by atoms with Crippen LogP contribution in [0, 0.1) is 11.4 Å². The third-order valence-corrected chi connectivity index (χ3v) is 3.49. The average Bonchev–Trinajstić information content (AvgIpc) is 2.34. The molecule has 2 nitrogen and oxygen atoms in total. The van der Waals surface area contributed by atoms with Crippen molar-refractivity contribution in [3.05, 3.63) is 34.0 Å². The first kappa shape index (κ1) is 12.1. The van der Waals surface area contributed by atoms with E-state index in [1.165, 1.54) is 11.3 Å². The maximum atomic E-state index is 5.58. The highest BCUT2D eigenvalue weighted by molar-refractivity contribution is 7.71. The summed E-state index contributed by atoms with van der Waals surface area (Å²) in [6.45, 7) is 4.26. The van der Waals surface area contributed by atoms with Crippen LogP contribution in [0.5, 0.6) is 5.75 Å². The predicted octanol–water partition coefficient (Wildman–Crippen LogP) is 4.17. The van der Waals surface area contributed by atoms with E-state index in [0.29, 0.717) is 0 Å². The molecule has 0 amide bonds. The number of methoxy groups -OCH3 is 1. The van der Waals surface area contributed by atoms with E-state index in [9.17, 15) is 0 Å². The summed E-state index contributed by atoms with van der Waals surface area (Å²) in [5.74, 6) is 0.850. The minimum absolute atomic E-state index is 0.850. The standard InChI is InChI=1S/C14H17NOS/c1-4-5-11-9(2)15-13-7-6-10(16-3)8-12(13)14(11)17/h6-8H,4-5H2,1-3H3,(H,15,17). The van der Waals surface area contributed by atoms with E-state index in [4.69, 9.17) is 17.0 Å². The van der Waals surface area contributed by atoms with Gasteiger partial charge in [0, 0.05) is 16.6 Å². The number of hydrogen-bond donors (Lipinski definition) is 1. The zero-order valence-corrected chi connectivity index (χ0v) is 11.3. The van der Waals surface area contributed by atoms with Crippen LogP contribution < -0.4 is 4.74 Å². The molecular formula is C14H17NOS. The van der Waals surface area contributed by atoms with Gasteiger partial charge in [-0.2, -0.15) is 0 Å². The van der Waals surface area contributed by atoms with E-state index in [2.05, 4.69) is 18.8 Å². The number of hydrogen-bond acceptors (Lipinski definition) is 2. The van der Waals surface area contributed by atoms with Crippen molar-refractivity contribution < 1.29 is 4.74 Å². The van der Waals surface area contributed by atoms with E-state index >= 15 is 0 Å². The second-order valence-electron chi connectivity index (χ2n) is 4.22. The number of aromatic amines is 1. The van der Waals surface area contributed by atoms with Gasteiger partial charge in [0.15, 0.2) is 0 Å². The Morgan fingerprint density at radius 2 is 2.12 bits per heavy atom. The van der Waals surface area contributed by atoms with Crippen LogP contribution in [0.25, 0.3) is 10.9 Å². The smallest absolute Gasteiger partial charge is 0.119 e. The quantitative estimate of drug-likeness (QED) is 0.823. The van der Waals surface area contributed by atoms with Gasteiger partial charge >= 0.3 is 0 Å². The Morgan fingerprint density at radius 3 is 2.76 bits per heavy atom. The number of aromatic nitrogens is 1. The van der Waals surface area contributed by atoms with Crippen molar-refractivity contribution >= 4 is 23.1 Å². The molecule has 1 aromatic heterocycles. The number of rotatable bonds is 3. The highest BCUT2D eigenvalue weighted by Crippen LogP contribution is 2.24. The molecule has 0 radical (unpaired) electrons. The van der Waals surface area contributed by atoms with E-state index in [-0.39, 0.29) is 0 Å². The molecule has 17 heavy (non-hydrogen) atoms. The van der Waals surface area contributed by atoms with Crippen LogP contribution in [-0.2, 0) is 6.42 Å². The van der Waals surface area contributed by atoms with Gasteiger partial charge in [-0.25, -0.2) is 0 Å². The molecule has 0 atom stereocenters. The lowest BCUT2D eigenvalue weighted by atomic mass is 10.1. The van der Waals surface area contributed by atoms with Gasteiger partial charge in [-0.15, -0.1) is 0 Å². The van der Waals surface area contributed by atoms with Crippen molar-refractivity contribution in [3.63, 3.8) is 0 Å². The van der Waals surface area contributed by atoms with Gasteiger partial charge in [0.1, 0.15) is 5.75 Å². The zero-order chi connectivity index (χ0) is 12.4. The predicted molar refractivity (Wildman–Crippen MR) is 74.4 cm³/mol. The first-order valence-electron chi connectivity index (χ1n) is 5.87. The molecule has 0 saturated carbocycles. The number of benzene rings is 1. The number of pyridine rings is 1. The Hall–Kier alpha value is -1.35. The Kier molecular flexibility index (Phi) is 3.48. The maximum Gasteiger partial charge on any atom is 0.119 e. The summed E-state index contributed by atoms with van der Waals surface area (Å²) in [6, 6.07) is 5.98. The summed E-state index contributed by atoms with van der Waals surface area (Å²) < 4.78 is 6.20. The molecule has 0 unspecified atom stereocenters. The summed E-state index contributed by atoms with van der Waals surface area (Å²) in [7, 11) is 1.68. The van der Waals surface area contributed by atoms with Gasteiger partial charge in [0.05, 0.1) is 11.6 Å². The van der Waals surface area contributed by atoms with Crippen LogP contribution >= 0.6 is 12.2 Å². The van der Waals surface area contributed by atoms with E-state index in [1.807, 2.05) is 18.2 Å². The maximum absolute atomic E-state index is 5.58. The molecule has 0 spiro atoms. The Bertz CT molecular complexity index is 601. The Balaban J connectivity index is 2.74. The highest BCUT2D eigenvalue weighted by atomic mass is 32.1. The summed E-state index contributed by atoms with van der Waals surface area (Å²) in [4.78, 5) is 3.41. The first-order chi connectivity index (χ1) is 8.17. The topological polar surface area (TPSA) is 25.0 Å². The van der Waals surface area contributed by atoms with Crippen molar-refractivity contribution in [1.29, 1.82) is 0 Å². The summed E-state index contributed by atoms with van der Waals surface area (Å²) in [5.41, 5.74) is 3.51. The van der Waals surface area contributed by atoms with Gasteiger partial charge < -0.3 is 9.72 Å². The molecule has 0 bridgehead atoms. The lowest BCUT2D eigenvalue weighted by Crippen LogP contribution is -1.96. The molecule has 0 aliphatic carbocycles. The lowest BCUT2D eigenvalue weighted by molar-refractivity contribution is 0.415. The molecule has 90 valence electrons. The SMILES string of the molecule is CCCc1c(C)[nH]c2ccc(OC)cc2c1=S. The third-order valence-electron chi connectivity index (χ3n) is 3.02. The van der Waals surface area contributed by atoms with Crippen LogP contribution in [0.15, 0.2) is 18.2 Å². The summed E-state index contributed by atoms with van der Waals surface area (Å²) in [6.07, 6.45) is 2.13. The average molecular weight is 247 g/mol. The van der Waals surface area contributed by atoms with Gasteiger partial charge in [-0.3, -0.25) is 0 Å². The molecule has 1 N–H and O–H groups in total. The summed E-state index contributed by atoms with van der Waals surface area (Å²) in [5, 5.41) is 1.08. The van der Waals surface area contributed by atoms with Gasteiger partial charge in [-0.1, -0.05) is 25.6 Å². The van der Waals surface area contributed by atoms with Gasteiger partial charge in [-0.05, 0) is 37.1 Å². The monoisotopic (exact) mass is 247 g/mol. The van der Waals surface area contributed by atoms with E-state index in [1.54, 1.807) is 7.11 Å². The molecule has 0 aliphatic rings. The lowest BCUT2D eigenvalue weighted by Gasteiger charge is -2.09. The molecule has 1 aromatic carbocycles. The molecule has 2 aromatic rings. The van der Waals surface area contributed by atoms with Crippen LogP contribution in [-0.4, -0.2) is 12.1 Å². The second-order valence-corrected chi connectivity index (χ2v) is 4.63. The molecular weight excluding hydrogens is 230 g/mol. The fourth-order valence-corrected chi connectivity index (χ4v) is 2.53. The fourth-order valence-electron chi connectivity index (χ4n) is 2.11. The second kappa shape index (κ2) is 4.88. The fraction of sp³-hybridized carbons (Fsp3) is 0.357. The van der Waals surface area contributed by atoms with Crippen LogP contribution in [0.3, 0.4) is 0 Å². The third kappa shape index (κ3) is 2.20. The molecule has 1 heterocycles. The molecule has 0 aliphatic heterocycles. The number of ether oxygens (including phenoxy) is 1. The normalized spacial score (nSPS) is 10.8. The van der Waals surface area contributed by atoms with Crippen LogP contribution in [0.2, 0.25) is 0 Å². The Labute approximate surface area is 107 Å². The number of fused-ring (bicyclic) bond motifs is 1. The van der Waals surface area contributed by atoms with Gasteiger partial charge in [0.2, 0.25) is 0 Å². The van der Waals surface area contributed by atoms with E-state index in [0.717, 1.165) is 34.0 Å². The van der Waals surface area contributed by atoms with Gasteiger partial charge in [0.25, 0.3) is 0 Å². The van der Waals surface area contributed by atoms with Crippen molar-refractivity contribution in [2.75, 3.05) is 7.11 Å². The van der Waals surface area contributed by atoms with Crippen molar-refractivity contribution in [2.45, 2.75) is 26.7 Å². The minimum atomic E-state index is 0.850. The largest absolute Gasteiger partial charge is 0.497 e.